The van der Waals surface area contributed by atoms with E-state index in [-0.39, 0.29) is 5.92 Å². The van der Waals surface area contributed by atoms with Crippen molar-refractivity contribution >= 4 is 34.9 Å². The number of nitrogens with one attached hydrogen (secondary N) is 1. The van der Waals surface area contributed by atoms with Gasteiger partial charge in [0.2, 0.25) is 0 Å². The molecule has 154 valence electrons. The third-order valence-electron chi connectivity index (χ3n) is 4.26. The number of hydrogen-bond acceptors (Lipinski definition) is 4. The Labute approximate surface area is 172 Å². The van der Waals surface area contributed by atoms with Crippen LogP contribution in [0.3, 0.4) is 0 Å². The van der Waals surface area contributed by atoms with Gasteiger partial charge < -0.3 is 9.26 Å². The van der Waals surface area contributed by atoms with Crippen molar-refractivity contribution in [3.8, 4) is 5.75 Å². The molecule has 0 heterocycles. The standard InChI is InChI=1S/C21H29ClNO4P/c1-4-5-8-14-26-21(24)19(15-16(2)3)23-28(22,25)27-20-13-9-11-17-10-6-7-12-18(17)20/h6-7,9-13,16,19H,4-5,8,14-15H2,1-3H3,(H,23,25). The van der Waals surface area contributed by atoms with Crippen LogP contribution in [0.25, 0.3) is 10.8 Å². The summed E-state index contributed by atoms with van der Waals surface area (Å²) >= 11 is 6.19. The Hall–Kier alpha value is -1.55. The maximum Gasteiger partial charge on any atom is 0.409 e. The molecule has 2 aromatic carbocycles. The fraction of sp³-hybridized carbons (Fsp3) is 0.476. The Bertz CT molecular complexity index is 822. The largest absolute Gasteiger partial charge is 0.465 e. The highest BCUT2D eigenvalue weighted by atomic mass is 35.7. The van der Waals surface area contributed by atoms with Gasteiger partial charge in [-0.15, -0.1) is 0 Å². The third kappa shape index (κ3) is 7.12. The molecular weight excluding hydrogens is 397 g/mol. The molecule has 0 bridgehead atoms. The fourth-order valence-electron chi connectivity index (χ4n) is 2.91. The molecule has 2 unspecified atom stereocenters. The number of fused-ring (bicyclic) bond motifs is 1. The number of rotatable bonds is 11. The van der Waals surface area contributed by atoms with Crippen LogP contribution in [0, 0.1) is 5.92 Å². The van der Waals surface area contributed by atoms with Crippen LogP contribution in [0.5, 0.6) is 5.75 Å². The van der Waals surface area contributed by atoms with Crippen molar-refractivity contribution in [1.82, 2.24) is 5.09 Å². The lowest BCUT2D eigenvalue weighted by Gasteiger charge is -2.23. The predicted octanol–water partition coefficient (Wildman–Crippen LogP) is 6.30. The minimum Gasteiger partial charge on any atom is -0.465 e. The van der Waals surface area contributed by atoms with Gasteiger partial charge in [-0.3, -0.25) is 4.79 Å². The van der Waals surface area contributed by atoms with E-state index in [1.165, 1.54) is 0 Å². The van der Waals surface area contributed by atoms with Gasteiger partial charge in [0.1, 0.15) is 11.8 Å². The first-order valence-corrected chi connectivity index (χ1v) is 12.3. The second-order valence-corrected chi connectivity index (χ2v) is 9.97. The molecule has 0 aliphatic heterocycles. The summed E-state index contributed by atoms with van der Waals surface area (Å²) in [6, 6.07) is 12.2. The van der Waals surface area contributed by atoms with Gasteiger partial charge in [0.15, 0.2) is 0 Å². The summed E-state index contributed by atoms with van der Waals surface area (Å²) in [5.41, 5.74) is 0. The molecule has 0 aliphatic rings. The summed E-state index contributed by atoms with van der Waals surface area (Å²) in [4.78, 5) is 12.5. The second-order valence-electron chi connectivity index (χ2n) is 7.23. The van der Waals surface area contributed by atoms with E-state index in [2.05, 4.69) is 12.0 Å². The van der Waals surface area contributed by atoms with Crippen LogP contribution in [0.15, 0.2) is 42.5 Å². The number of benzene rings is 2. The van der Waals surface area contributed by atoms with Crippen molar-refractivity contribution in [3.63, 3.8) is 0 Å². The monoisotopic (exact) mass is 425 g/mol. The topological polar surface area (TPSA) is 64.6 Å². The van der Waals surface area contributed by atoms with Crippen LogP contribution in [0.1, 0.15) is 46.5 Å². The first-order chi connectivity index (χ1) is 13.3. The second kappa shape index (κ2) is 10.8. The molecule has 0 spiro atoms. The van der Waals surface area contributed by atoms with Crippen LogP contribution >= 0.6 is 18.1 Å². The Kier molecular flexibility index (Phi) is 8.81. The maximum absolute atomic E-state index is 12.9. The quantitative estimate of drug-likeness (QED) is 0.260. The summed E-state index contributed by atoms with van der Waals surface area (Å²) in [5.74, 6) is 0.144. The first-order valence-electron chi connectivity index (χ1n) is 9.74. The lowest BCUT2D eigenvalue weighted by Crippen LogP contribution is -2.37. The zero-order valence-corrected chi connectivity index (χ0v) is 18.3. The van der Waals surface area contributed by atoms with Crippen molar-refractivity contribution in [2.45, 2.75) is 52.5 Å². The van der Waals surface area contributed by atoms with Gasteiger partial charge in [0.25, 0.3) is 0 Å². The van der Waals surface area contributed by atoms with Crippen molar-refractivity contribution in [2.75, 3.05) is 6.61 Å². The van der Waals surface area contributed by atoms with E-state index in [0.717, 1.165) is 30.0 Å². The number of unbranched alkanes of at least 4 members (excludes halogenated alkanes) is 2. The van der Waals surface area contributed by atoms with E-state index in [0.29, 0.717) is 18.8 Å². The summed E-state index contributed by atoms with van der Waals surface area (Å²) in [6.07, 6.45) is 3.29. The molecule has 0 fully saturated rings. The zero-order chi connectivity index (χ0) is 20.6. The molecule has 7 heteroatoms. The molecule has 0 aromatic heterocycles. The van der Waals surface area contributed by atoms with Crippen LogP contribution < -0.4 is 9.61 Å². The van der Waals surface area contributed by atoms with Gasteiger partial charge >= 0.3 is 12.8 Å². The molecule has 28 heavy (non-hydrogen) atoms. The van der Waals surface area contributed by atoms with Gasteiger partial charge in [-0.25, -0.2) is 9.65 Å². The average Bonchev–Trinajstić information content (AvgIpc) is 2.64. The summed E-state index contributed by atoms with van der Waals surface area (Å²) in [7, 11) is 0. The highest BCUT2D eigenvalue weighted by Gasteiger charge is 2.32. The minimum atomic E-state index is -3.81. The molecule has 2 aromatic rings. The number of carbonyl (C=O) groups is 1. The highest BCUT2D eigenvalue weighted by molar-refractivity contribution is 7.84. The minimum absolute atomic E-state index is 0.190. The van der Waals surface area contributed by atoms with Gasteiger partial charge in [-0.2, -0.15) is 0 Å². The normalized spacial score (nSPS) is 14.6. The van der Waals surface area contributed by atoms with Crippen LogP contribution in [-0.2, 0) is 14.1 Å². The zero-order valence-electron chi connectivity index (χ0n) is 16.7. The Morgan fingerprint density at radius 3 is 2.57 bits per heavy atom. The molecular formula is C21H29ClNO4P. The van der Waals surface area contributed by atoms with E-state index < -0.39 is 18.9 Å². The molecule has 1 N–H and O–H groups in total. The van der Waals surface area contributed by atoms with Gasteiger partial charge in [0, 0.05) is 16.6 Å². The van der Waals surface area contributed by atoms with Crippen molar-refractivity contribution < 1.29 is 18.6 Å². The molecule has 0 saturated carbocycles. The third-order valence-corrected chi connectivity index (χ3v) is 5.81. The SMILES string of the molecule is CCCCCOC(=O)C(CC(C)C)NP(=O)(Cl)Oc1cccc2ccccc12. The van der Waals surface area contributed by atoms with E-state index in [4.69, 9.17) is 20.5 Å². The number of ether oxygens (including phenoxy) is 1. The van der Waals surface area contributed by atoms with Crippen LogP contribution in [-0.4, -0.2) is 18.6 Å². The maximum atomic E-state index is 12.9. The van der Waals surface area contributed by atoms with E-state index >= 15 is 0 Å². The van der Waals surface area contributed by atoms with E-state index in [1.807, 2.05) is 50.2 Å². The molecule has 0 saturated heterocycles. The summed E-state index contributed by atoms with van der Waals surface area (Å²) in [5, 5.41) is 4.45. The van der Waals surface area contributed by atoms with E-state index in [9.17, 15) is 9.36 Å². The Morgan fingerprint density at radius 1 is 1.14 bits per heavy atom. The molecule has 2 atom stereocenters. The molecule has 0 radical (unpaired) electrons. The van der Waals surface area contributed by atoms with Gasteiger partial charge in [-0.05, 0) is 30.2 Å². The summed E-state index contributed by atoms with van der Waals surface area (Å²) in [6.45, 7) is 2.57. The number of halogens is 1. The molecule has 0 aliphatic carbocycles. The highest BCUT2D eigenvalue weighted by Crippen LogP contribution is 2.50. The Morgan fingerprint density at radius 2 is 1.86 bits per heavy atom. The van der Waals surface area contributed by atoms with E-state index in [1.54, 1.807) is 6.07 Å². The Balaban J connectivity index is 2.10. The number of esters is 1. The van der Waals surface area contributed by atoms with Crippen LogP contribution in [0.2, 0.25) is 0 Å². The fourth-order valence-corrected chi connectivity index (χ4v) is 4.54. The van der Waals surface area contributed by atoms with Gasteiger partial charge in [-0.1, -0.05) is 70.0 Å². The lowest BCUT2D eigenvalue weighted by molar-refractivity contribution is -0.146. The molecule has 2 rings (SSSR count). The number of carbonyl (C=O) groups excluding carboxylic acids is 1. The van der Waals surface area contributed by atoms with Crippen molar-refractivity contribution in [3.05, 3.63) is 42.5 Å². The smallest absolute Gasteiger partial charge is 0.409 e. The van der Waals surface area contributed by atoms with Gasteiger partial charge in [0.05, 0.1) is 6.61 Å². The molecule has 0 amide bonds. The average molecular weight is 426 g/mol. The molecule has 5 nitrogen and oxygen atoms in total. The van der Waals surface area contributed by atoms with Crippen molar-refractivity contribution in [1.29, 1.82) is 0 Å². The summed E-state index contributed by atoms with van der Waals surface area (Å²) < 4.78 is 23.9. The first kappa shape index (κ1) is 22.7. The van der Waals surface area contributed by atoms with Crippen LogP contribution in [0.4, 0.5) is 0 Å². The van der Waals surface area contributed by atoms with Crippen molar-refractivity contribution in [2.24, 2.45) is 5.92 Å². The predicted molar refractivity (Wildman–Crippen MR) is 115 cm³/mol. The lowest BCUT2D eigenvalue weighted by atomic mass is 10.1. The number of hydrogen-bond donors (Lipinski definition) is 1.